The lowest BCUT2D eigenvalue weighted by Crippen LogP contribution is -2.57. The summed E-state index contributed by atoms with van der Waals surface area (Å²) in [5.41, 5.74) is -0.383. The van der Waals surface area contributed by atoms with Gasteiger partial charge in [0.25, 0.3) is 5.91 Å². The van der Waals surface area contributed by atoms with Gasteiger partial charge in [0.15, 0.2) is 0 Å². The zero-order chi connectivity index (χ0) is 26.5. The number of piperazine rings is 1. The fraction of sp³-hybridized carbons (Fsp3) is 0.423. The van der Waals surface area contributed by atoms with Crippen LogP contribution in [-0.2, 0) is 20.9 Å². The first-order valence-electron chi connectivity index (χ1n) is 12.0. The number of fused-ring (bicyclic) bond motifs is 2. The maximum absolute atomic E-state index is 15.0. The summed E-state index contributed by atoms with van der Waals surface area (Å²) >= 11 is 6.81. The zero-order valence-corrected chi connectivity index (χ0v) is 21.4. The molecule has 11 heteroatoms. The molecule has 1 atom stereocenters. The Balaban J connectivity index is 1.68. The largest absolute Gasteiger partial charge is 0.507 e. The second-order valence-electron chi connectivity index (χ2n) is 10.00. The molecule has 1 aromatic heterocycles. The minimum atomic E-state index is -0.765. The average Bonchev–Trinajstić information content (AvgIpc) is 3.04. The van der Waals surface area contributed by atoms with Crippen LogP contribution in [0, 0.1) is 5.82 Å². The molecule has 4 heterocycles. The summed E-state index contributed by atoms with van der Waals surface area (Å²) in [4.78, 5) is 35.6. The van der Waals surface area contributed by atoms with Crippen LogP contribution in [0.25, 0.3) is 11.3 Å². The van der Waals surface area contributed by atoms with Gasteiger partial charge in [-0.1, -0.05) is 24.2 Å². The summed E-state index contributed by atoms with van der Waals surface area (Å²) < 4.78 is 26.7. The van der Waals surface area contributed by atoms with Crippen LogP contribution in [0.3, 0.4) is 0 Å². The number of aromatic hydroxyl groups is 1. The molecule has 0 saturated carbocycles. The number of halogens is 2. The molecule has 3 aliphatic rings. The first kappa shape index (κ1) is 25.4. The summed E-state index contributed by atoms with van der Waals surface area (Å²) in [7, 11) is 0. The van der Waals surface area contributed by atoms with Crippen molar-refractivity contribution in [2.24, 2.45) is 0 Å². The van der Waals surface area contributed by atoms with E-state index in [2.05, 4.69) is 11.5 Å². The third-order valence-electron chi connectivity index (χ3n) is 7.02. The lowest BCUT2D eigenvalue weighted by atomic mass is 9.99. The summed E-state index contributed by atoms with van der Waals surface area (Å²) in [5, 5.41) is 10.6. The topological polar surface area (TPSA) is 95.4 Å². The summed E-state index contributed by atoms with van der Waals surface area (Å²) in [5.74, 6) is -0.954. The minimum absolute atomic E-state index is 0.0237. The van der Waals surface area contributed by atoms with Crippen molar-refractivity contribution in [1.29, 1.82) is 0 Å². The van der Waals surface area contributed by atoms with Gasteiger partial charge in [0, 0.05) is 26.2 Å². The molecule has 0 bridgehead atoms. The Kier molecular flexibility index (Phi) is 6.59. The predicted molar refractivity (Wildman–Crippen MR) is 135 cm³/mol. The molecule has 1 aromatic carbocycles. The van der Waals surface area contributed by atoms with Crippen LogP contribution >= 0.6 is 11.6 Å². The molecular formula is C26H28ClFN4O5. The van der Waals surface area contributed by atoms with Gasteiger partial charge in [-0.2, -0.15) is 0 Å². The molecule has 2 aromatic rings. The second kappa shape index (κ2) is 9.59. The molecule has 3 aliphatic heterocycles. The number of benzene rings is 1. The Morgan fingerprint density at radius 3 is 2.84 bits per heavy atom. The number of amides is 2. The summed E-state index contributed by atoms with van der Waals surface area (Å²) in [6, 6.07) is 3.78. The summed E-state index contributed by atoms with van der Waals surface area (Å²) in [6.45, 7) is 9.50. The number of hydrogen-bond donors (Lipinski definition) is 1. The maximum Gasteiger partial charge on any atom is 0.254 e. The van der Waals surface area contributed by atoms with Gasteiger partial charge in [0.05, 0.1) is 29.3 Å². The van der Waals surface area contributed by atoms with E-state index in [0.29, 0.717) is 31.7 Å². The fourth-order valence-corrected chi connectivity index (χ4v) is 5.49. The number of carbonyl (C=O) groups excluding carboxylic acids is 2. The monoisotopic (exact) mass is 530 g/mol. The number of pyridine rings is 1. The Labute approximate surface area is 219 Å². The molecule has 5 rings (SSSR count). The van der Waals surface area contributed by atoms with Gasteiger partial charge in [-0.3, -0.25) is 19.4 Å². The number of hydrogen-bond acceptors (Lipinski definition) is 7. The SMILES string of the molecule is C=CC(=O)N1CCN2Cc3c(N4C(=O)COCC4(C)C)nc(-c4c(O)cccc4F)c(Cl)c3OCC2C1. The molecule has 196 valence electrons. The normalized spacial score (nSPS) is 21.5. The number of morpholine rings is 1. The predicted octanol–water partition coefficient (Wildman–Crippen LogP) is 2.98. The zero-order valence-electron chi connectivity index (χ0n) is 20.7. The first-order chi connectivity index (χ1) is 17.6. The molecule has 1 unspecified atom stereocenters. The number of aromatic nitrogens is 1. The molecule has 2 fully saturated rings. The number of phenols is 1. The number of carbonyl (C=O) groups is 2. The van der Waals surface area contributed by atoms with Gasteiger partial charge >= 0.3 is 0 Å². The second-order valence-corrected chi connectivity index (χ2v) is 10.4. The van der Waals surface area contributed by atoms with Crippen LogP contribution in [-0.4, -0.2) is 82.7 Å². The lowest BCUT2D eigenvalue weighted by Gasteiger charge is -2.43. The molecule has 0 aliphatic carbocycles. The van der Waals surface area contributed by atoms with Crippen LogP contribution in [0.5, 0.6) is 11.5 Å². The van der Waals surface area contributed by atoms with E-state index in [0.717, 1.165) is 0 Å². The van der Waals surface area contributed by atoms with Crippen molar-refractivity contribution in [2.75, 3.05) is 44.4 Å². The molecule has 37 heavy (non-hydrogen) atoms. The fourth-order valence-electron chi connectivity index (χ4n) is 5.19. The Morgan fingerprint density at radius 2 is 2.14 bits per heavy atom. The molecule has 0 spiro atoms. The third-order valence-corrected chi connectivity index (χ3v) is 7.37. The van der Waals surface area contributed by atoms with E-state index in [1.165, 1.54) is 24.3 Å². The van der Waals surface area contributed by atoms with E-state index >= 15 is 0 Å². The van der Waals surface area contributed by atoms with E-state index in [1.54, 1.807) is 9.80 Å². The smallest absolute Gasteiger partial charge is 0.254 e. The third kappa shape index (κ3) is 4.43. The van der Waals surface area contributed by atoms with Crippen molar-refractivity contribution < 1.29 is 28.6 Å². The van der Waals surface area contributed by atoms with Crippen LogP contribution in [0.2, 0.25) is 5.02 Å². The highest BCUT2D eigenvalue weighted by Crippen LogP contribution is 2.47. The Hall–Kier alpha value is -3.21. The van der Waals surface area contributed by atoms with Gasteiger partial charge in [-0.25, -0.2) is 9.37 Å². The van der Waals surface area contributed by atoms with Gasteiger partial charge < -0.3 is 19.5 Å². The standard InChI is InChI=1S/C26H28ClFN4O5/c1-4-19(34)31-9-8-30-11-16-24(37-12-15(30)10-31)22(27)23(21-17(28)6-5-7-18(21)33)29-25(16)32-20(35)13-36-14-26(32,2)3/h4-7,15,33H,1,8-14H2,2-3H3. The van der Waals surface area contributed by atoms with Gasteiger partial charge in [-0.05, 0) is 32.1 Å². The van der Waals surface area contributed by atoms with Crippen LogP contribution in [0.15, 0.2) is 30.9 Å². The Morgan fingerprint density at radius 1 is 1.35 bits per heavy atom. The van der Waals surface area contributed by atoms with Crippen molar-refractivity contribution in [2.45, 2.75) is 32.0 Å². The summed E-state index contributed by atoms with van der Waals surface area (Å²) in [6.07, 6.45) is 1.29. The van der Waals surface area contributed by atoms with Crippen molar-refractivity contribution in [3.8, 4) is 22.8 Å². The molecule has 0 radical (unpaired) electrons. The van der Waals surface area contributed by atoms with E-state index < -0.39 is 11.4 Å². The Bertz CT molecular complexity index is 1270. The number of anilines is 1. The average molecular weight is 531 g/mol. The van der Waals surface area contributed by atoms with Gasteiger partial charge in [-0.15, -0.1) is 0 Å². The molecule has 9 nitrogen and oxygen atoms in total. The molecule has 2 amide bonds. The van der Waals surface area contributed by atoms with Crippen molar-refractivity contribution in [3.63, 3.8) is 0 Å². The van der Waals surface area contributed by atoms with Crippen molar-refractivity contribution >= 4 is 29.2 Å². The van der Waals surface area contributed by atoms with Crippen LogP contribution in [0.1, 0.15) is 19.4 Å². The minimum Gasteiger partial charge on any atom is -0.507 e. The van der Waals surface area contributed by atoms with E-state index in [1.807, 2.05) is 13.8 Å². The van der Waals surface area contributed by atoms with Gasteiger partial charge in [0.2, 0.25) is 5.91 Å². The van der Waals surface area contributed by atoms with Gasteiger partial charge in [0.1, 0.15) is 47.1 Å². The number of ether oxygens (including phenoxy) is 2. The molecule has 2 saturated heterocycles. The van der Waals surface area contributed by atoms with E-state index in [4.69, 9.17) is 26.1 Å². The van der Waals surface area contributed by atoms with E-state index in [9.17, 15) is 19.1 Å². The first-order valence-corrected chi connectivity index (χ1v) is 12.4. The maximum atomic E-state index is 15.0. The van der Waals surface area contributed by atoms with Crippen LogP contribution in [0.4, 0.5) is 10.2 Å². The molecular weight excluding hydrogens is 503 g/mol. The highest BCUT2D eigenvalue weighted by molar-refractivity contribution is 6.35. The number of rotatable bonds is 3. The molecule has 1 N–H and O–H groups in total. The highest BCUT2D eigenvalue weighted by atomic mass is 35.5. The number of phenolic OH excluding ortho intramolecular Hbond substituents is 1. The van der Waals surface area contributed by atoms with Crippen molar-refractivity contribution in [3.05, 3.63) is 47.3 Å². The van der Waals surface area contributed by atoms with E-state index in [-0.39, 0.29) is 71.3 Å². The lowest BCUT2D eigenvalue weighted by molar-refractivity contribution is -0.130. The van der Waals surface area contributed by atoms with Crippen molar-refractivity contribution in [1.82, 2.24) is 14.8 Å². The van der Waals surface area contributed by atoms with Crippen LogP contribution < -0.4 is 9.64 Å². The number of nitrogens with zero attached hydrogens (tertiary/aromatic N) is 4. The quantitative estimate of drug-likeness (QED) is 0.610. The highest BCUT2D eigenvalue weighted by Gasteiger charge is 2.42.